The van der Waals surface area contributed by atoms with Crippen LogP contribution in [0.4, 0.5) is 0 Å². The van der Waals surface area contributed by atoms with Crippen LogP contribution in [0, 0.1) is 5.92 Å². The largest absolute Gasteiger partial charge is 0.346 e. The monoisotopic (exact) mass is 329 g/mol. The Bertz CT molecular complexity index is 655. The fraction of sp³-hybridized carbons (Fsp3) is 0.556. The van der Waals surface area contributed by atoms with Crippen molar-refractivity contribution in [2.45, 2.75) is 45.2 Å². The number of aromatic amines is 1. The molecule has 6 heteroatoms. The third kappa shape index (κ3) is 3.76. The second-order valence-corrected chi connectivity index (χ2v) is 6.85. The third-order valence-corrected chi connectivity index (χ3v) is 5.00. The summed E-state index contributed by atoms with van der Waals surface area (Å²) in [6, 6.07) is 8.70. The minimum absolute atomic E-state index is 0.216. The van der Waals surface area contributed by atoms with Crippen molar-refractivity contribution in [1.82, 2.24) is 25.7 Å². The average Bonchev–Trinajstić information content (AvgIpc) is 3.12. The van der Waals surface area contributed by atoms with Crippen LogP contribution in [-0.2, 0) is 11.2 Å². The van der Waals surface area contributed by atoms with Crippen molar-refractivity contribution < 1.29 is 4.79 Å². The van der Waals surface area contributed by atoms with E-state index < -0.39 is 0 Å². The number of carbonyl (C=O) groups is 1. The number of benzene rings is 1. The molecule has 1 aromatic heterocycles. The van der Waals surface area contributed by atoms with Gasteiger partial charge >= 0.3 is 0 Å². The molecule has 0 saturated carbocycles. The normalized spacial score (nSPS) is 23.7. The number of amides is 1. The lowest BCUT2D eigenvalue weighted by molar-refractivity contribution is -0.131. The van der Waals surface area contributed by atoms with Gasteiger partial charge in [-0.25, -0.2) is 4.98 Å². The summed E-state index contributed by atoms with van der Waals surface area (Å²) in [6.45, 7) is 5.00. The summed E-state index contributed by atoms with van der Waals surface area (Å²) in [7, 11) is 1.89. The number of aryl methyl sites for hydroxylation is 1. The van der Waals surface area contributed by atoms with Crippen molar-refractivity contribution in [3.8, 4) is 0 Å². The van der Waals surface area contributed by atoms with Crippen LogP contribution < -0.4 is 10.9 Å². The summed E-state index contributed by atoms with van der Waals surface area (Å²) in [4.78, 5) is 22.2. The van der Waals surface area contributed by atoms with E-state index in [1.54, 1.807) is 0 Å². The Labute approximate surface area is 143 Å². The topological polar surface area (TPSA) is 73.0 Å². The first-order chi connectivity index (χ1) is 11.5. The van der Waals surface area contributed by atoms with Gasteiger partial charge < -0.3 is 9.88 Å². The highest BCUT2D eigenvalue weighted by Crippen LogP contribution is 2.19. The first-order valence-electron chi connectivity index (χ1n) is 8.73. The van der Waals surface area contributed by atoms with E-state index in [9.17, 15) is 4.79 Å². The van der Waals surface area contributed by atoms with Crippen LogP contribution in [-0.4, -0.2) is 46.5 Å². The summed E-state index contributed by atoms with van der Waals surface area (Å²) >= 11 is 0. The zero-order valence-electron chi connectivity index (χ0n) is 14.7. The maximum Gasteiger partial charge on any atom is 0.222 e. The molecule has 3 rings (SSSR count). The lowest BCUT2D eigenvalue weighted by atomic mass is 9.92. The molecule has 24 heavy (non-hydrogen) atoms. The number of aromatic nitrogens is 2. The Hall–Kier alpha value is -1.92. The van der Waals surface area contributed by atoms with Crippen molar-refractivity contribution in [2.75, 3.05) is 13.6 Å². The van der Waals surface area contributed by atoms with Crippen LogP contribution >= 0.6 is 0 Å². The number of para-hydroxylation sites is 2. The van der Waals surface area contributed by atoms with E-state index in [0.29, 0.717) is 24.4 Å². The van der Waals surface area contributed by atoms with E-state index in [0.717, 1.165) is 36.2 Å². The minimum Gasteiger partial charge on any atom is -0.346 e. The molecular formula is C18H27N5O. The van der Waals surface area contributed by atoms with Crippen LogP contribution in [0.1, 0.15) is 32.5 Å². The molecule has 1 aliphatic heterocycles. The molecule has 2 atom stereocenters. The van der Waals surface area contributed by atoms with Gasteiger partial charge in [-0.3, -0.25) is 15.6 Å². The Morgan fingerprint density at radius 3 is 2.62 bits per heavy atom. The molecule has 1 amide bonds. The summed E-state index contributed by atoms with van der Waals surface area (Å²) < 4.78 is 0. The first-order valence-corrected chi connectivity index (χ1v) is 8.73. The first kappa shape index (κ1) is 16.9. The van der Waals surface area contributed by atoms with E-state index >= 15 is 0 Å². The molecule has 130 valence electrons. The molecule has 0 aliphatic carbocycles. The van der Waals surface area contributed by atoms with Gasteiger partial charge in [-0.2, -0.15) is 0 Å². The molecule has 1 fully saturated rings. The lowest BCUT2D eigenvalue weighted by Crippen LogP contribution is -2.34. The Kier molecular flexibility index (Phi) is 5.16. The number of rotatable bonds is 6. The van der Waals surface area contributed by atoms with Gasteiger partial charge in [0, 0.05) is 44.4 Å². The quantitative estimate of drug-likeness (QED) is 0.756. The molecule has 1 aliphatic rings. The number of carbonyl (C=O) groups excluding carboxylic acids is 1. The maximum atomic E-state index is 12.4. The fourth-order valence-electron chi connectivity index (χ4n) is 3.35. The van der Waals surface area contributed by atoms with Gasteiger partial charge in [0.25, 0.3) is 0 Å². The molecule has 3 N–H and O–H groups in total. The third-order valence-electron chi connectivity index (χ3n) is 5.00. The van der Waals surface area contributed by atoms with Gasteiger partial charge in [0.15, 0.2) is 0 Å². The highest BCUT2D eigenvalue weighted by Gasteiger charge is 2.32. The second-order valence-electron chi connectivity index (χ2n) is 6.85. The van der Waals surface area contributed by atoms with E-state index in [4.69, 9.17) is 0 Å². The minimum atomic E-state index is 0.216. The molecule has 0 bridgehead atoms. The van der Waals surface area contributed by atoms with Gasteiger partial charge in [0.1, 0.15) is 5.82 Å². The van der Waals surface area contributed by atoms with Crippen molar-refractivity contribution in [1.29, 1.82) is 0 Å². The number of fused-ring (bicyclic) bond motifs is 1. The number of hydrogen-bond acceptors (Lipinski definition) is 4. The number of H-pyrrole nitrogens is 1. The van der Waals surface area contributed by atoms with Gasteiger partial charge in [-0.1, -0.05) is 12.1 Å². The number of nitrogens with zero attached hydrogens (tertiary/aromatic N) is 2. The van der Waals surface area contributed by atoms with Crippen LogP contribution in [0.3, 0.4) is 0 Å². The van der Waals surface area contributed by atoms with Crippen LogP contribution in [0.5, 0.6) is 0 Å². The molecule has 2 aromatic rings. The Morgan fingerprint density at radius 1 is 1.21 bits per heavy atom. The molecule has 6 nitrogen and oxygen atoms in total. The molecule has 2 unspecified atom stereocenters. The van der Waals surface area contributed by atoms with Crippen molar-refractivity contribution in [3.05, 3.63) is 30.1 Å². The van der Waals surface area contributed by atoms with E-state index in [-0.39, 0.29) is 5.91 Å². The number of hydrogen-bond donors (Lipinski definition) is 3. The van der Waals surface area contributed by atoms with Gasteiger partial charge in [-0.05, 0) is 32.4 Å². The highest BCUT2D eigenvalue weighted by atomic mass is 16.2. The van der Waals surface area contributed by atoms with Crippen molar-refractivity contribution >= 4 is 16.9 Å². The van der Waals surface area contributed by atoms with Crippen molar-refractivity contribution in [3.63, 3.8) is 0 Å². The van der Waals surface area contributed by atoms with Gasteiger partial charge in [-0.15, -0.1) is 0 Å². The zero-order chi connectivity index (χ0) is 17.1. The van der Waals surface area contributed by atoms with E-state index in [1.165, 1.54) is 0 Å². The van der Waals surface area contributed by atoms with Crippen LogP contribution in [0.2, 0.25) is 0 Å². The summed E-state index contributed by atoms with van der Waals surface area (Å²) in [5.74, 6) is 1.55. The number of nitrogens with one attached hydrogen (secondary N) is 3. The maximum absolute atomic E-state index is 12.4. The number of hydrazine groups is 1. The van der Waals surface area contributed by atoms with Gasteiger partial charge in [0.05, 0.1) is 11.0 Å². The summed E-state index contributed by atoms with van der Waals surface area (Å²) in [6.07, 6.45) is 2.35. The molecule has 1 saturated heterocycles. The van der Waals surface area contributed by atoms with Crippen LogP contribution in [0.25, 0.3) is 11.0 Å². The predicted octanol–water partition coefficient (Wildman–Crippen LogP) is 1.84. The Morgan fingerprint density at radius 2 is 1.92 bits per heavy atom. The predicted molar refractivity (Wildman–Crippen MR) is 95.4 cm³/mol. The fourth-order valence-corrected chi connectivity index (χ4v) is 3.35. The number of imidazole rings is 1. The summed E-state index contributed by atoms with van der Waals surface area (Å²) in [5, 5.41) is 0. The average molecular weight is 329 g/mol. The molecule has 2 heterocycles. The molecular weight excluding hydrogens is 302 g/mol. The summed E-state index contributed by atoms with van der Waals surface area (Å²) in [5.41, 5.74) is 8.49. The Balaban J connectivity index is 1.46. The second kappa shape index (κ2) is 7.32. The van der Waals surface area contributed by atoms with Crippen molar-refractivity contribution in [2.24, 2.45) is 5.92 Å². The zero-order valence-corrected chi connectivity index (χ0v) is 14.7. The van der Waals surface area contributed by atoms with Crippen LogP contribution in [0.15, 0.2) is 24.3 Å². The molecule has 0 radical (unpaired) electrons. The SMILES string of the molecule is CC1NNC(C)C1CC(=O)N(C)CCCc1nc2ccccc2[nH]1. The smallest absolute Gasteiger partial charge is 0.222 e. The van der Waals surface area contributed by atoms with E-state index in [1.807, 2.05) is 36.2 Å². The standard InChI is InChI=1S/C18H27N5O/c1-12-14(13(2)22-21-12)11-18(24)23(3)10-6-9-17-19-15-7-4-5-8-16(15)20-17/h4-5,7-8,12-14,21-22H,6,9-11H2,1-3H3,(H,19,20). The molecule has 1 aromatic carbocycles. The van der Waals surface area contributed by atoms with E-state index in [2.05, 4.69) is 34.7 Å². The molecule has 0 spiro atoms. The lowest BCUT2D eigenvalue weighted by Gasteiger charge is -2.22. The highest BCUT2D eigenvalue weighted by molar-refractivity contribution is 5.76. The van der Waals surface area contributed by atoms with Gasteiger partial charge in [0.2, 0.25) is 5.91 Å².